The molecule has 0 amide bonds. The van der Waals surface area contributed by atoms with Gasteiger partial charge in [-0.25, -0.2) is 18.4 Å². The fourth-order valence-electron chi connectivity index (χ4n) is 3.44. The Morgan fingerprint density at radius 1 is 1.09 bits per heavy atom. The number of esters is 1. The smallest absolute Gasteiger partial charge is 0.351 e. The highest BCUT2D eigenvalue weighted by molar-refractivity contribution is 6.11. The van der Waals surface area contributed by atoms with Crippen molar-refractivity contribution in [1.82, 2.24) is 9.55 Å². The van der Waals surface area contributed by atoms with Crippen molar-refractivity contribution in [3.63, 3.8) is 0 Å². The molecule has 1 aliphatic heterocycles. The molecule has 2 heterocycles. The third-order valence-corrected chi connectivity index (χ3v) is 5.19. The summed E-state index contributed by atoms with van der Waals surface area (Å²) < 4.78 is 40.3. The van der Waals surface area contributed by atoms with Crippen molar-refractivity contribution in [3.8, 4) is 0 Å². The molecule has 0 aliphatic carbocycles. The van der Waals surface area contributed by atoms with E-state index in [4.69, 9.17) is 15.2 Å². The highest BCUT2D eigenvalue weighted by Gasteiger charge is 2.52. The van der Waals surface area contributed by atoms with E-state index < -0.39 is 48.7 Å². The lowest BCUT2D eigenvalue weighted by Gasteiger charge is -2.18. The van der Waals surface area contributed by atoms with Gasteiger partial charge in [-0.05, 0) is 12.1 Å². The number of hydrogen-bond donors (Lipinski definition) is 1. The van der Waals surface area contributed by atoms with Gasteiger partial charge in [0, 0.05) is 11.8 Å². The van der Waals surface area contributed by atoms with Gasteiger partial charge in [-0.1, -0.05) is 48.5 Å². The SMILES string of the molecule is Nc1nc(=O)n([C@H]2CC(F)(F)[C@H](COC(=O)c3ccccc3)O2)cc1C(=O)c1ccccc1. The molecule has 33 heavy (non-hydrogen) atoms. The standard InChI is InChI=1S/C23H19F2N3O5/c24-23(25)11-18(33-17(23)13-32-21(30)15-9-5-2-6-10-15)28-12-16(20(26)27-22(28)31)19(29)14-7-3-1-4-8-14/h1-10,12,17-18H,11,13H2,(H2,26,27,31)/t17-,18+/m0/s1. The topological polar surface area (TPSA) is 114 Å². The second-order valence-corrected chi connectivity index (χ2v) is 7.43. The van der Waals surface area contributed by atoms with E-state index in [1.807, 2.05) is 0 Å². The first kappa shape index (κ1) is 22.3. The number of ketones is 1. The van der Waals surface area contributed by atoms with Crippen molar-refractivity contribution >= 4 is 17.6 Å². The zero-order valence-electron chi connectivity index (χ0n) is 17.2. The summed E-state index contributed by atoms with van der Waals surface area (Å²) in [5.74, 6) is -5.01. The van der Waals surface area contributed by atoms with Crippen molar-refractivity contribution in [2.45, 2.75) is 24.7 Å². The number of rotatable bonds is 6. The molecule has 0 spiro atoms. The molecule has 1 aromatic heterocycles. The molecule has 8 nitrogen and oxygen atoms in total. The molecule has 4 rings (SSSR count). The number of halogens is 2. The molecule has 0 unspecified atom stereocenters. The molecular formula is C23H19F2N3O5. The van der Waals surface area contributed by atoms with Crippen molar-refractivity contribution in [1.29, 1.82) is 0 Å². The number of anilines is 1. The maximum Gasteiger partial charge on any atom is 0.351 e. The van der Waals surface area contributed by atoms with Crippen LogP contribution in [0.5, 0.6) is 0 Å². The Kier molecular flexibility index (Phi) is 6.01. The first-order valence-electron chi connectivity index (χ1n) is 10.00. The second kappa shape index (κ2) is 8.91. The third-order valence-electron chi connectivity index (χ3n) is 5.19. The number of nitrogens with zero attached hydrogens (tertiary/aromatic N) is 2. The molecule has 10 heteroatoms. The maximum atomic E-state index is 14.6. The van der Waals surface area contributed by atoms with Crippen molar-refractivity contribution in [3.05, 3.63) is 94.0 Å². The average Bonchev–Trinajstić information content (AvgIpc) is 3.12. The Hall–Kier alpha value is -3.92. The Balaban J connectivity index is 1.54. The molecule has 1 saturated heterocycles. The van der Waals surface area contributed by atoms with E-state index in [1.165, 1.54) is 12.1 Å². The van der Waals surface area contributed by atoms with Crippen LogP contribution in [0.25, 0.3) is 0 Å². The molecular weight excluding hydrogens is 436 g/mol. The van der Waals surface area contributed by atoms with Gasteiger partial charge in [-0.15, -0.1) is 0 Å². The monoisotopic (exact) mass is 455 g/mol. The lowest BCUT2D eigenvalue weighted by molar-refractivity contribution is -0.105. The Bertz CT molecular complexity index is 1230. The lowest BCUT2D eigenvalue weighted by Crippen LogP contribution is -2.33. The minimum atomic E-state index is -3.40. The number of benzene rings is 2. The van der Waals surface area contributed by atoms with Crippen molar-refractivity contribution in [2.75, 3.05) is 12.3 Å². The Labute approximate surface area is 186 Å². The van der Waals surface area contributed by atoms with Crippen LogP contribution in [-0.2, 0) is 9.47 Å². The minimum Gasteiger partial charge on any atom is -0.459 e. The van der Waals surface area contributed by atoms with Gasteiger partial charge in [0.15, 0.2) is 11.9 Å². The van der Waals surface area contributed by atoms with E-state index in [-0.39, 0.29) is 16.9 Å². The van der Waals surface area contributed by atoms with Gasteiger partial charge in [0.25, 0.3) is 5.92 Å². The quantitative estimate of drug-likeness (QED) is 0.449. The largest absolute Gasteiger partial charge is 0.459 e. The summed E-state index contributed by atoms with van der Waals surface area (Å²) in [7, 11) is 0. The van der Waals surface area contributed by atoms with Crippen LogP contribution in [0.2, 0.25) is 0 Å². The lowest BCUT2D eigenvalue weighted by atomic mass is 10.1. The van der Waals surface area contributed by atoms with Crippen molar-refractivity contribution in [2.24, 2.45) is 0 Å². The second-order valence-electron chi connectivity index (χ2n) is 7.43. The van der Waals surface area contributed by atoms with Gasteiger partial charge in [-0.3, -0.25) is 9.36 Å². The molecule has 0 saturated carbocycles. The maximum absolute atomic E-state index is 14.6. The number of carbonyl (C=O) groups excluding carboxylic acids is 2. The number of alkyl halides is 2. The highest BCUT2D eigenvalue weighted by Crippen LogP contribution is 2.40. The number of nitrogen functional groups attached to an aromatic ring is 1. The molecule has 2 aromatic carbocycles. The third kappa shape index (κ3) is 4.65. The number of hydrogen-bond acceptors (Lipinski definition) is 7. The summed E-state index contributed by atoms with van der Waals surface area (Å²) in [6.45, 7) is -0.718. The van der Waals surface area contributed by atoms with Gasteiger partial charge in [0.05, 0.1) is 17.5 Å². The first-order valence-corrected chi connectivity index (χ1v) is 10.00. The summed E-state index contributed by atoms with van der Waals surface area (Å²) in [6.07, 6.45) is -3.01. The van der Waals surface area contributed by atoms with Crippen LogP contribution in [0, 0.1) is 0 Å². The van der Waals surface area contributed by atoms with Crippen LogP contribution in [0.4, 0.5) is 14.6 Å². The van der Waals surface area contributed by atoms with Gasteiger partial charge >= 0.3 is 11.7 Å². The predicted octanol–water partition coefficient (Wildman–Crippen LogP) is 2.84. The molecule has 0 radical (unpaired) electrons. The summed E-state index contributed by atoms with van der Waals surface area (Å²) in [5.41, 5.74) is 5.19. The highest BCUT2D eigenvalue weighted by atomic mass is 19.3. The zero-order valence-corrected chi connectivity index (χ0v) is 17.2. The van der Waals surface area contributed by atoms with Gasteiger partial charge < -0.3 is 15.2 Å². The van der Waals surface area contributed by atoms with E-state index in [0.717, 1.165) is 10.8 Å². The number of aromatic nitrogens is 2. The number of ether oxygens (including phenoxy) is 2. The van der Waals surface area contributed by atoms with Crippen LogP contribution in [0.15, 0.2) is 71.7 Å². The summed E-state index contributed by atoms with van der Waals surface area (Å²) in [5, 5.41) is 0. The molecule has 1 fully saturated rings. The fourth-order valence-corrected chi connectivity index (χ4v) is 3.44. The van der Waals surface area contributed by atoms with E-state index in [9.17, 15) is 23.2 Å². The molecule has 0 bridgehead atoms. The first-order chi connectivity index (χ1) is 15.8. The van der Waals surface area contributed by atoms with Gasteiger partial charge in [0.2, 0.25) is 0 Å². The van der Waals surface area contributed by atoms with E-state index in [2.05, 4.69) is 4.98 Å². The molecule has 170 valence electrons. The number of nitrogens with two attached hydrogens (primary N) is 1. The molecule has 1 aliphatic rings. The van der Waals surface area contributed by atoms with Crippen LogP contribution in [0.1, 0.15) is 38.9 Å². The van der Waals surface area contributed by atoms with Gasteiger partial charge in [-0.2, -0.15) is 4.98 Å². The minimum absolute atomic E-state index is 0.119. The van der Waals surface area contributed by atoms with Gasteiger partial charge in [0.1, 0.15) is 18.7 Å². The normalized spacial score (nSPS) is 19.2. The van der Waals surface area contributed by atoms with E-state index >= 15 is 0 Å². The average molecular weight is 455 g/mol. The zero-order chi connectivity index (χ0) is 23.6. The fraction of sp³-hybridized carbons (Fsp3) is 0.217. The van der Waals surface area contributed by atoms with Crippen LogP contribution in [-0.4, -0.2) is 39.9 Å². The van der Waals surface area contributed by atoms with E-state index in [0.29, 0.717) is 5.56 Å². The molecule has 2 atom stereocenters. The summed E-state index contributed by atoms with van der Waals surface area (Å²) in [4.78, 5) is 40.8. The molecule has 3 aromatic rings. The van der Waals surface area contributed by atoms with E-state index in [1.54, 1.807) is 48.5 Å². The summed E-state index contributed by atoms with van der Waals surface area (Å²) >= 11 is 0. The summed E-state index contributed by atoms with van der Waals surface area (Å²) in [6, 6.07) is 16.0. The Morgan fingerprint density at radius 2 is 1.70 bits per heavy atom. The van der Waals surface area contributed by atoms with Crippen LogP contribution < -0.4 is 11.4 Å². The van der Waals surface area contributed by atoms with Crippen LogP contribution in [0.3, 0.4) is 0 Å². The predicted molar refractivity (Wildman–Crippen MR) is 113 cm³/mol. The Morgan fingerprint density at radius 3 is 2.33 bits per heavy atom. The van der Waals surface area contributed by atoms with Crippen molar-refractivity contribution < 1.29 is 27.8 Å². The number of carbonyl (C=O) groups is 2. The molecule has 2 N–H and O–H groups in total. The van der Waals surface area contributed by atoms with Crippen LogP contribution >= 0.6 is 0 Å².